The molecule has 0 saturated heterocycles. The summed E-state index contributed by atoms with van der Waals surface area (Å²) in [6, 6.07) is 10.0. The quantitative estimate of drug-likeness (QED) is 0.890. The number of anilines is 3. The van der Waals surface area contributed by atoms with Crippen LogP contribution in [0.2, 0.25) is 0 Å². The minimum Gasteiger partial charge on any atom is -0.358 e. The van der Waals surface area contributed by atoms with Gasteiger partial charge in [0.1, 0.15) is 5.82 Å². The Labute approximate surface area is 113 Å². The van der Waals surface area contributed by atoms with Crippen LogP contribution in [-0.4, -0.2) is 23.6 Å². The van der Waals surface area contributed by atoms with Gasteiger partial charge < -0.3 is 10.2 Å². The highest BCUT2D eigenvalue weighted by atomic mass is 15.2. The zero-order valence-electron chi connectivity index (χ0n) is 11.1. The van der Waals surface area contributed by atoms with Gasteiger partial charge in [-0.25, -0.2) is 4.98 Å². The summed E-state index contributed by atoms with van der Waals surface area (Å²) in [5.41, 5.74) is 1.03. The zero-order chi connectivity index (χ0) is 13.1. The molecule has 0 amide bonds. The Kier molecular flexibility index (Phi) is 3.31. The van der Waals surface area contributed by atoms with E-state index in [2.05, 4.69) is 27.2 Å². The highest BCUT2D eigenvalue weighted by molar-refractivity contribution is 5.56. The minimum atomic E-state index is 0.784. The average Bonchev–Trinajstić information content (AvgIpc) is 3.24. The van der Waals surface area contributed by atoms with Gasteiger partial charge in [-0.15, -0.1) is 0 Å². The Morgan fingerprint density at radius 3 is 2.74 bits per heavy atom. The lowest BCUT2D eigenvalue weighted by Crippen LogP contribution is -2.21. The first-order valence-electron chi connectivity index (χ1n) is 6.66. The number of hydrogen-bond acceptors (Lipinski definition) is 4. The van der Waals surface area contributed by atoms with Gasteiger partial charge in [-0.2, -0.15) is 0 Å². The molecule has 0 radical (unpaired) electrons. The molecular weight excluding hydrogens is 236 g/mol. The molecule has 0 bridgehead atoms. The normalized spacial score (nSPS) is 14.2. The van der Waals surface area contributed by atoms with Gasteiger partial charge in [-0.05, 0) is 30.9 Å². The molecule has 1 N–H and O–H groups in total. The van der Waals surface area contributed by atoms with Crippen LogP contribution in [0, 0.1) is 5.92 Å². The van der Waals surface area contributed by atoms with Gasteiger partial charge in [-0.3, -0.25) is 4.98 Å². The van der Waals surface area contributed by atoms with Crippen LogP contribution in [0.15, 0.2) is 42.7 Å². The van der Waals surface area contributed by atoms with Crippen molar-refractivity contribution in [2.75, 3.05) is 23.8 Å². The van der Waals surface area contributed by atoms with Gasteiger partial charge in [0.05, 0.1) is 12.4 Å². The summed E-state index contributed by atoms with van der Waals surface area (Å²) in [4.78, 5) is 11.0. The molecule has 1 aliphatic rings. The van der Waals surface area contributed by atoms with Crippen molar-refractivity contribution in [2.45, 2.75) is 12.8 Å². The van der Waals surface area contributed by atoms with Crippen LogP contribution in [0.1, 0.15) is 12.8 Å². The molecule has 1 aliphatic carbocycles. The third kappa shape index (κ3) is 3.22. The van der Waals surface area contributed by atoms with Crippen molar-refractivity contribution in [3.8, 4) is 0 Å². The number of nitrogens with zero attached hydrogens (tertiary/aromatic N) is 3. The molecule has 0 spiro atoms. The molecule has 19 heavy (non-hydrogen) atoms. The molecule has 1 heterocycles. The second-order valence-corrected chi connectivity index (χ2v) is 5.08. The van der Waals surface area contributed by atoms with E-state index < -0.39 is 0 Å². The van der Waals surface area contributed by atoms with E-state index >= 15 is 0 Å². The van der Waals surface area contributed by atoms with E-state index in [4.69, 9.17) is 0 Å². The number of para-hydroxylation sites is 1. The van der Waals surface area contributed by atoms with Crippen molar-refractivity contribution in [2.24, 2.45) is 5.92 Å². The maximum Gasteiger partial charge on any atom is 0.151 e. The summed E-state index contributed by atoms with van der Waals surface area (Å²) in [5, 5.41) is 3.27. The molecule has 1 fully saturated rings. The number of hydrogen-bond donors (Lipinski definition) is 1. The highest BCUT2D eigenvalue weighted by Crippen LogP contribution is 2.30. The number of aromatic nitrogens is 2. The Bertz CT molecular complexity index is 537. The maximum absolute atomic E-state index is 4.60. The number of nitrogens with one attached hydrogen (secondary N) is 1. The third-order valence-electron chi connectivity index (χ3n) is 3.29. The fraction of sp³-hybridized carbons (Fsp3) is 0.333. The van der Waals surface area contributed by atoms with Crippen molar-refractivity contribution in [1.29, 1.82) is 0 Å². The minimum absolute atomic E-state index is 0.784. The van der Waals surface area contributed by atoms with E-state index in [-0.39, 0.29) is 0 Å². The van der Waals surface area contributed by atoms with E-state index in [1.807, 2.05) is 36.5 Å². The summed E-state index contributed by atoms with van der Waals surface area (Å²) >= 11 is 0. The highest BCUT2D eigenvalue weighted by Gasteiger charge is 2.23. The molecular formula is C15H18N4. The maximum atomic E-state index is 4.60. The molecule has 2 aromatic rings. The monoisotopic (exact) mass is 254 g/mol. The predicted octanol–water partition coefficient (Wildman–Crippen LogP) is 3.07. The fourth-order valence-corrected chi connectivity index (χ4v) is 2.05. The van der Waals surface area contributed by atoms with Gasteiger partial charge in [0.15, 0.2) is 5.82 Å². The second kappa shape index (κ2) is 5.26. The van der Waals surface area contributed by atoms with Crippen molar-refractivity contribution < 1.29 is 0 Å². The molecule has 0 aliphatic heterocycles. The molecule has 4 heteroatoms. The molecule has 0 unspecified atom stereocenters. The summed E-state index contributed by atoms with van der Waals surface area (Å²) in [6.45, 7) is 1.07. The molecule has 0 atom stereocenters. The van der Waals surface area contributed by atoms with Crippen LogP contribution in [0.4, 0.5) is 17.3 Å². The first-order valence-corrected chi connectivity index (χ1v) is 6.66. The third-order valence-corrected chi connectivity index (χ3v) is 3.29. The number of rotatable bonds is 5. The fourth-order valence-electron chi connectivity index (χ4n) is 2.05. The zero-order valence-corrected chi connectivity index (χ0v) is 11.1. The van der Waals surface area contributed by atoms with E-state index in [9.17, 15) is 0 Å². The molecule has 3 rings (SSSR count). The summed E-state index contributed by atoms with van der Waals surface area (Å²) < 4.78 is 0. The lowest BCUT2D eigenvalue weighted by Gasteiger charge is -2.18. The second-order valence-electron chi connectivity index (χ2n) is 5.08. The Balaban J connectivity index is 1.71. The van der Waals surface area contributed by atoms with Crippen molar-refractivity contribution in [3.05, 3.63) is 42.7 Å². The predicted molar refractivity (Wildman–Crippen MR) is 77.8 cm³/mol. The van der Waals surface area contributed by atoms with Crippen molar-refractivity contribution in [3.63, 3.8) is 0 Å². The SMILES string of the molecule is CN(CC1CC1)c1cncc(Nc2ccccc2)n1. The van der Waals surface area contributed by atoms with Crippen LogP contribution >= 0.6 is 0 Å². The Morgan fingerprint density at radius 2 is 2.00 bits per heavy atom. The van der Waals surface area contributed by atoms with Gasteiger partial charge >= 0.3 is 0 Å². The van der Waals surface area contributed by atoms with Crippen LogP contribution in [0.5, 0.6) is 0 Å². The summed E-state index contributed by atoms with van der Waals surface area (Å²) in [6.07, 6.45) is 6.26. The van der Waals surface area contributed by atoms with Crippen LogP contribution < -0.4 is 10.2 Å². The van der Waals surface area contributed by atoms with E-state index in [0.717, 1.165) is 29.8 Å². The van der Waals surface area contributed by atoms with Crippen molar-refractivity contribution >= 4 is 17.3 Å². The Hall–Kier alpha value is -2.10. The van der Waals surface area contributed by atoms with Gasteiger partial charge in [0.2, 0.25) is 0 Å². The molecule has 1 aromatic carbocycles. The summed E-state index contributed by atoms with van der Waals surface area (Å²) in [5.74, 6) is 2.55. The first-order chi connectivity index (χ1) is 9.31. The van der Waals surface area contributed by atoms with Crippen molar-refractivity contribution in [1.82, 2.24) is 9.97 Å². The average molecular weight is 254 g/mol. The van der Waals surface area contributed by atoms with E-state index in [0.29, 0.717) is 0 Å². The Morgan fingerprint density at radius 1 is 1.21 bits per heavy atom. The lowest BCUT2D eigenvalue weighted by atomic mass is 10.3. The molecule has 4 nitrogen and oxygen atoms in total. The molecule has 1 aromatic heterocycles. The van der Waals surface area contributed by atoms with E-state index in [1.54, 1.807) is 6.20 Å². The van der Waals surface area contributed by atoms with E-state index in [1.165, 1.54) is 12.8 Å². The van der Waals surface area contributed by atoms with Crippen LogP contribution in [0.25, 0.3) is 0 Å². The smallest absolute Gasteiger partial charge is 0.151 e. The van der Waals surface area contributed by atoms with Gasteiger partial charge in [0, 0.05) is 19.3 Å². The van der Waals surface area contributed by atoms with Crippen LogP contribution in [0.3, 0.4) is 0 Å². The first kappa shape index (κ1) is 12.0. The number of benzene rings is 1. The topological polar surface area (TPSA) is 41.1 Å². The van der Waals surface area contributed by atoms with Gasteiger partial charge in [0.25, 0.3) is 0 Å². The van der Waals surface area contributed by atoms with Gasteiger partial charge in [-0.1, -0.05) is 18.2 Å². The molecule has 98 valence electrons. The van der Waals surface area contributed by atoms with Crippen LogP contribution in [-0.2, 0) is 0 Å². The summed E-state index contributed by atoms with van der Waals surface area (Å²) in [7, 11) is 2.08. The lowest BCUT2D eigenvalue weighted by molar-refractivity contribution is 0.775. The standard InChI is InChI=1S/C15H18N4/c1-19(11-12-7-8-12)15-10-16-9-14(18-15)17-13-5-3-2-4-6-13/h2-6,9-10,12H,7-8,11H2,1H3,(H,17,18). The largest absolute Gasteiger partial charge is 0.358 e. The molecule has 1 saturated carbocycles.